The first kappa shape index (κ1) is 14.2. The molecule has 2 nitrogen and oxygen atoms in total. The van der Waals surface area contributed by atoms with E-state index in [1.165, 1.54) is 13.0 Å². The summed E-state index contributed by atoms with van der Waals surface area (Å²) in [5, 5.41) is -0.604. The van der Waals surface area contributed by atoms with Gasteiger partial charge in [-0.1, -0.05) is 6.07 Å². The molecule has 0 amide bonds. The second-order valence-electron chi connectivity index (χ2n) is 2.56. The Bertz CT molecular complexity index is 384. The Hall–Kier alpha value is 0.200. The molecule has 0 radical (unpaired) electrons. The number of Topliss-reactive ketones (excluding diaryl/α,β-unsaturated/α-hetero) is 1. The zero-order chi connectivity index (χ0) is 10.0. The van der Waals surface area contributed by atoms with Gasteiger partial charge in [0.15, 0.2) is 5.78 Å². The molecule has 0 aliphatic heterocycles. The van der Waals surface area contributed by atoms with Crippen LogP contribution >= 0.6 is 24.2 Å². The van der Waals surface area contributed by atoms with Crippen LogP contribution < -0.4 is 29.6 Å². The molecule has 0 bridgehead atoms. The molecule has 0 N–H and O–H groups in total. The van der Waals surface area contributed by atoms with Gasteiger partial charge in [0.05, 0.1) is 0 Å². The van der Waals surface area contributed by atoms with Crippen molar-refractivity contribution in [2.75, 3.05) is 0 Å². The minimum atomic E-state index is -0.604. The molecular formula is C9H8ClNaO2S. The Kier molecular flexibility index (Phi) is 6.02. The molecule has 0 heterocycles. The number of hydrogen-bond donors (Lipinski definition) is 1. The Morgan fingerprint density at radius 3 is 2.43 bits per heavy atom. The van der Waals surface area contributed by atoms with Gasteiger partial charge in [-0.3, -0.25) is 9.59 Å². The fourth-order valence-corrected chi connectivity index (χ4v) is 1.38. The van der Waals surface area contributed by atoms with Gasteiger partial charge in [-0.05, 0) is 30.7 Å². The van der Waals surface area contributed by atoms with Crippen molar-refractivity contribution in [3.63, 3.8) is 0 Å². The number of ketones is 1. The summed E-state index contributed by atoms with van der Waals surface area (Å²) in [4.78, 5) is 22.3. The fraction of sp³-hybridized carbons (Fsp3) is 0.111. The minimum Gasteiger partial charge on any atom is -1.00 e. The van der Waals surface area contributed by atoms with E-state index in [4.69, 9.17) is 11.6 Å². The summed E-state index contributed by atoms with van der Waals surface area (Å²) < 4.78 is 0. The normalized spacial score (nSPS) is 9.07. The van der Waals surface area contributed by atoms with Crippen molar-refractivity contribution >= 4 is 35.3 Å². The van der Waals surface area contributed by atoms with Crippen LogP contribution in [-0.4, -0.2) is 11.0 Å². The maximum absolute atomic E-state index is 11.0. The third-order valence-electron chi connectivity index (χ3n) is 1.61. The first-order valence-electron chi connectivity index (χ1n) is 3.56. The van der Waals surface area contributed by atoms with Crippen LogP contribution in [0.1, 0.15) is 29.1 Å². The zero-order valence-electron chi connectivity index (χ0n) is 8.87. The van der Waals surface area contributed by atoms with Crippen LogP contribution in [0.3, 0.4) is 0 Å². The molecule has 5 heteroatoms. The third kappa shape index (κ3) is 3.41. The number of carbonyl (C=O) groups is 2. The summed E-state index contributed by atoms with van der Waals surface area (Å²) in [7, 11) is 0. The molecule has 0 spiro atoms. The molecule has 0 fully saturated rings. The van der Waals surface area contributed by atoms with E-state index in [1.54, 1.807) is 12.1 Å². The summed E-state index contributed by atoms with van der Waals surface area (Å²) in [6.07, 6.45) is 0. The van der Waals surface area contributed by atoms with Gasteiger partial charge in [-0.25, -0.2) is 0 Å². The predicted molar refractivity (Wildman–Crippen MR) is 55.0 cm³/mol. The van der Waals surface area contributed by atoms with Crippen molar-refractivity contribution in [2.24, 2.45) is 0 Å². The molecule has 70 valence electrons. The summed E-state index contributed by atoms with van der Waals surface area (Å²) in [6.45, 7) is 1.43. The van der Waals surface area contributed by atoms with Gasteiger partial charge in [0.25, 0.3) is 5.24 Å². The standard InChI is InChI=1S/C9H7ClO2S.Na.H/c1-5(11)6-2-3-8(13)7(4-6)9(10)12;;/h2-4,13H,1H3;;/q;+1;-1. The predicted octanol–water partition coefficient (Wildman–Crippen LogP) is -0.327. The monoisotopic (exact) mass is 238 g/mol. The van der Waals surface area contributed by atoms with Crippen molar-refractivity contribution in [1.82, 2.24) is 0 Å². The maximum Gasteiger partial charge on any atom is 1.00 e. The molecule has 14 heavy (non-hydrogen) atoms. The number of thiol groups is 1. The van der Waals surface area contributed by atoms with Gasteiger partial charge in [-0.2, -0.15) is 0 Å². The molecular weight excluding hydrogens is 231 g/mol. The van der Waals surface area contributed by atoms with E-state index in [9.17, 15) is 9.59 Å². The average Bonchev–Trinajstić information content (AvgIpc) is 2.04. The van der Waals surface area contributed by atoms with Crippen molar-refractivity contribution in [3.8, 4) is 0 Å². The number of rotatable bonds is 2. The topological polar surface area (TPSA) is 34.1 Å². The largest absolute Gasteiger partial charge is 1.00 e. The molecule has 0 saturated heterocycles. The second kappa shape index (κ2) is 5.93. The van der Waals surface area contributed by atoms with E-state index < -0.39 is 5.24 Å². The van der Waals surface area contributed by atoms with Crippen LogP contribution in [0.4, 0.5) is 0 Å². The number of benzene rings is 1. The SMILES string of the molecule is CC(=O)c1ccc(S)c(C(=O)Cl)c1.[H-].[Na+]. The van der Waals surface area contributed by atoms with Gasteiger partial charge >= 0.3 is 29.6 Å². The number of hydrogen-bond acceptors (Lipinski definition) is 3. The van der Waals surface area contributed by atoms with Crippen LogP contribution in [0.2, 0.25) is 0 Å². The molecule has 0 saturated carbocycles. The van der Waals surface area contributed by atoms with E-state index in [1.807, 2.05) is 0 Å². The van der Waals surface area contributed by atoms with E-state index >= 15 is 0 Å². The quantitative estimate of drug-likeness (QED) is 0.332. The molecule has 0 aromatic heterocycles. The third-order valence-corrected chi connectivity index (χ3v) is 2.21. The van der Waals surface area contributed by atoms with Crippen LogP contribution in [0.25, 0.3) is 0 Å². The van der Waals surface area contributed by atoms with Gasteiger partial charge < -0.3 is 1.43 Å². The van der Waals surface area contributed by atoms with Gasteiger partial charge in [0, 0.05) is 16.0 Å². The van der Waals surface area contributed by atoms with Gasteiger partial charge in [-0.15, -0.1) is 12.6 Å². The van der Waals surface area contributed by atoms with E-state index in [0.717, 1.165) is 0 Å². The molecule has 0 aliphatic carbocycles. The Morgan fingerprint density at radius 2 is 2.00 bits per heavy atom. The maximum atomic E-state index is 11.0. The Labute approximate surface area is 116 Å². The Balaban J connectivity index is 0. The minimum absolute atomic E-state index is 0. The van der Waals surface area contributed by atoms with Crippen LogP contribution in [0.5, 0.6) is 0 Å². The molecule has 1 aromatic carbocycles. The second-order valence-corrected chi connectivity index (χ2v) is 3.39. The molecule has 1 rings (SSSR count). The average molecular weight is 239 g/mol. The summed E-state index contributed by atoms with van der Waals surface area (Å²) >= 11 is 9.32. The fourth-order valence-electron chi connectivity index (χ4n) is 0.912. The number of carbonyl (C=O) groups excluding carboxylic acids is 2. The van der Waals surface area contributed by atoms with Crippen molar-refractivity contribution in [1.29, 1.82) is 0 Å². The first-order chi connectivity index (χ1) is 6.02. The van der Waals surface area contributed by atoms with Crippen molar-refractivity contribution in [3.05, 3.63) is 29.3 Å². The molecule has 0 unspecified atom stereocenters. The van der Waals surface area contributed by atoms with Crippen molar-refractivity contribution < 1.29 is 40.6 Å². The van der Waals surface area contributed by atoms with Crippen LogP contribution in [-0.2, 0) is 0 Å². The molecule has 0 atom stereocenters. The van der Waals surface area contributed by atoms with Gasteiger partial charge in [0.1, 0.15) is 0 Å². The number of halogens is 1. The van der Waals surface area contributed by atoms with E-state index in [2.05, 4.69) is 12.6 Å². The molecule has 0 aliphatic rings. The van der Waals surface area contributed by atoms with Crippen LogP contribution in [0.15, 0.2) is 23.1 Å². The first-order valence-corrected chi connectivity index (χ1v) is 4.38. The molecule has 1 aromatic rings. The van der Waals surface area contributed by atoms with Crippen molar-refractivity contribution in [2.45, 2.75) is 11.8 Å². The smallest absolute Gasteiger partial charge is 1.00 e. The zero-order valence-corrected chi connectivity index (χ0v) is 11.5. The van der Waals surface area contributed by atoms with E-state index in [0.29, 0.717) is 10.5 Å². The summed E-state index contributed by atoms with van der Waals surface area (Å²) in [6, 6.07) is 4.63. The summed E-state index contributed by atoms with van der Waals surface area (Å²) in [5.41, 5.74) is 0.722. The van der Waals surface area contributed by atoms with E-state index in [-0.39, 0.29) is 42.3 Å². The van der Waals surface area contributed by atoms with Gasteiger partial charge in [0.2, 0.25) is 0 Å². The summed E-state index contributed by atoms with van der Waals surface area (Å²) in [5.74, 6) is -0.104. The van der Waals surface area contributed by atoms with Crippen LogP contribution in [0, 0.1) is 0 Å². The Morgan fingerprint density at radius 1 is 1.43 bits per heavy atom.